The maximum absolute atomic E-state index is 15.1. The predicted molar refractivity (Wildman–Crippen MR) is 180 cm³/mol. The Bertz CT molecular complexity index is 1780. The van der Waals surface area contributed by atoms with E-state index in [1.165, 1.54) is 54.5 Å². The molecule has 5 rings (SSSR count). The first-order chi connectivity index (χ1) is 22.7. The van der Waals surface area contributed by atoms with Gasteiger partial charge in [-0.2, -0.15) is 0 Å². The van der Waals surface area contributed by atoms with Crippen LogP contribution in [0.5, 0.6) is 5.75 Å². The Kier molecular flexibility index (Phi) is 11.2. The summed E-state index contributed by atoms with van der Waals surface area (Å²) in [4.78, 5) is 29.8. The number of hydrogen-bond acceptors (Lipinski definition) is 5. The van der Waals surface area contributed by atoms with Gasteiger partial charge >= 0.3 is 0 Å². The Morgan fingerprint density at radius 3 is 2.28 bits per heavy atom. The lowest BCUT2D eigenvalue weighted by Gasteiger charge is -2.34. The van der Waals surface area contributed by atoms with Crippen LogP contribution in [0.25, 0.3) is 0 Å². The van der Waals surface area contributed by atoms with Gasteiger partial charge in [0.05, 0.1) is 17.7 Å². The molecule has 0 saturated heterocycles. The highest BCUT2D eigenvalue weighted by molar-refractivity contribution is 7.92. The topological polar surface area (TPSA) is 96.0 Å². The number of carbonyl (C=O) groups is 2. The molecule has 8 nitrogen and oxygen atoms in total. The third-order valence-corrected chi connectivity index (χ3v) is 10.3. The van der Waals surface area contributed by atoms with Crippen LogP contribution in [0, 0.1) is 5.82 Å². The van der Waals surface area contributed by atoms with Crippen molar-refractivity contribution in [1.29, 1.82) is 0 Å². The molecule has 246 valence electrons. The van der Waals surface area contributed by atoms with E-state index >= 15 is 4.39 Å². The average Bonchev–Trinajstić information content (AvgIpc) is 3.59. The first-order valence-corrected chi connectivity index (χ1v) is 17.3. The quantitative estimate of drug-likeness (QED) is 0.177. The Balaban J connectivity index is 1.57. The molecule has 1 aliphatic rings. The van der Waals surface area contributed by atoms with E-state index < -0.39 is 34.3 Å². The van der Waals surface area contributed by atoms with Crippen LogP contribution in [0.15, 0.2) is 108 Å². The van der Waals surface area contributed by atoms with Crippen LogP contribution in [-0.2, 0) is 32.6 Å². The van der Waals surface area contributed by atoms with Crippen molar-refractivity contribution in [3.05, 3.63) is 125 Å². The van der Waals surface area contributed by atoms with Crippen molar-refractivity contribution < 1.29 is 27.1 Å². The number of benzene rings is 4. The molecule has 0 heterocycles. The maximum Gasteiger partial charge on any atom is 0.264 e. The minimum atomic E-state index is -4.33. The molecule has 0 bridgehead atoms. The molecule has 4 aromatic rings. The van der Waals surface area contributed by atoms with E-state index in [9.17, 15) is 18.0 Å². The molecule has 1 aliphatic carbocycles. The van der Waals surface area contributed by atoms with Crippen molar-refractivity contribution in [3.63, 3.8) is 0 Å². The third-order valence-electron chi connectivity index (χ3n) is 8.29. The summed E-state index contributed by atoms with van der Waals surface area (Å²) < 4.78 is 49.6. The van der Waals surface area contributed by atoms with E-state index in [0.29, 0.717) is 5.75 Å². The van der Waals surface area contributed by atoms with Crippen LogP contribution in [0.3, 0.4) is 0 Å². The summed E-state index contributed by atoms with van der Waals surface area (Å²) in [6.45, 7) is -0.932. The molecular weight excluding hydrogens is 641 g/mol. The van der Waals surface area contributed by atoms with Crippen molar-refractivity contribution in [2.45, 2.75) is 55.6 Å². The van der Waals surface area contributed by atoms with E-state index in [4.69, 9.17) is 16.3 Å². The zero-order valence-electron chi connectivity index (χ0n) is 26.0. The van der Waals surface area contributed by atoms with Crippen molar-refractivity contribution >= 4 is 39.1 Å². The van der Waals surface area contributed by atoms with E-state index in [1.54, 1.807) is 30.3 Å². The average molecular weight is 678 g/mol. The molecule has 1 saturated carbocycles. The van der Waals surface area contributed by atoms with Crippen molar-refractivity contribution in [3.8, 4) is 5.75 Å². The van der Waals surface area contributed by atoms with Crippen molar-refractivity contribution in [2.24, 2.45) is 0 Å². The summed E-state index contributed by atoms with van der Waals surface area (Å²) >= 11 is 6.28. The standard InChI is InChI=1S/C36H37ClFN3O5S/c1-46-31-18-20-32(21-19-31)47(44,45)41(30-16-9-13-28(37)23-30)25-35(42)40(24-27-12-5-8-17-33(27)38)34(22-26-10-3-2-4-11-26)36(43)39-29-14-6-7-15-29/h2-5,8-13,16-21,23,29,34H,6-7,14-15,22,24-25H2,1H3,(H,39,43)/t34-/m1/s1. The van der Waals surface area contributed by atoms with Gasteiger partial charge in [-0.3, -0.25) is 13.9 Å². The summed E-state index contributed by atoms with van der Waals surface area (Å²) in [5.74, 6) is -1.15. The van der Waals surface area contributed by atoms with Crippen LogP contribution < -0.4 is 14.4 Å². The van der Waals surface area contributed by atoms with Crippen LogP contribution in [0.1, 0.15) is 36.8 Å². The number of halogens is 2. The molecule has 0 aliphatic heterocycles. The van der Waals surface area contributed by atoms with E-state index in [2.05, 4.69) is 5.32 Å². The number of amides is 2. The Morgan fingerprint density at radius 2 is 1.62 bits per heavy atom. The highest BCUT2D eigenvalue weighted by atomic mass is 35.5. The van der Waals surface area contributed by atoms with Gasteiger partial charge in [0, 0.05) is 29.6 Å². The van der Waals surface area contributed by atoms with E-state index in [0.717, 1.165) is 35.6 Å². The summed E-state index contributed by atoms with van der Waals surface area (Å²) in [5, 5.41) is 3.38. The molecule has 0 aromatic heterocycles. The van der Waals surface area contributed by atoms with Gasteiger partial charge in [0.2, 0.25) is 11.8 Å². The maximum atomic E-state index is 15.1. The molecule has 1 fully saturated rings. The molecule has 1 N–H and O–H groups in total. The number of carbonyl (C=O) groups excluding carboxylic acids is 2. The lowest BCUT2D eigenvalue weighted by Crippen LogP contribution is -2.54. The molecule has 47 heavy (non-hydrogen) atoms. The number of hydrogen-bond donors (Lipinski definition) is 1. The van der Waals surface area contributed by atoms with Gasteiger partial charge in [0.1, 0.15) is 24.2 Å². The number of anilines is 1. The minimum absolute atomic E-state index is 0.0374. The minimum Gasteiger partial charge on any atom is -0.497 e. The molecule has 2 amide bonds. The number of ether oxygens (including phenoxy) is 1. The smallest absolute Gasteiger partial charge is 0.264 e. The lowest BCUT2D eigenvalue weighted by atomic mass is 10.0. The first kappa shape index (κ1) is 33.9. The molecule has 1 atom stereocenters. The van der Waals surface area contributed by atoms with Gasteiger partial charge < -0.3 is 15.0 Å². The zero-order valence-corrected chi connectivity index (χ0v) is 27.6. The molecule has 0 spiro atoms. The van der Waals surface area contributed by atoms with Gasteiger partial charge in [-0.15, -0.1) is 0 Å². The monoisotopic (exact) mass is 677 g/mol. The Morgan fingerprint density at radius 1 is 0.936 bits per heavy atom. The lowest BCUT2D eigenvalue weighted by molar-refractivity contribution is -0.140. The van der Waals surface area contributed by atoms with Gasteiger partial charge in [0.15, 0.2) is 0 Å². The van der Waals surface area contributed by atoms with Gasteiger partial charge in [-0.1, -0.05) is 79.0 Å². The summed E-state index contributed by atoms with van der Waals surface area (Å²) in [5.41, 5.74) is 1.14. The zero-order chi connectivity index (χ0) is 33.4. The van der Waals surface area contributed by atoms with E-state index in [1.807, 2.05) is 30.3 Å². The normalized spacial score (nSPS) is 13.9. The molecule has 4 aromatic carbocycles. The van der Waals surface area contributed by atoms with Crippen LogP contribution >= 0.6 is 11.6 Å². The molecular formula is C36H37ClFN3O5S. The van der Waals surface area contributed by atoms with E-state index in [-0.39, 0.29) is 46.1 Å². The summed E-state index contributed by atoms with van der Waals surface area (Å²) in [6, 6.07) is 26.1. The Labute approximate surface area is 280 Å². The molecule has 0 unspecified atom stereocenters. The number of rotatable bonds is 13. The third kappa shape index (κ3) is 8.50. The highest BCUT2D eigenvalue weighted by Gasteiger charge is 2.36. The van der Waals surface area contributed by atoms with Crippen molar-refractivity contribution in [1.82, 2.24) is 10.2 Å². The molecule has 11 heteroatoms. The number of sulfonamides is 1. The van der Waals surface area contributed by atoms with Gasteiger partial charge in [-0.05, 0) is 66.9 Å². The highest BCUT2D eigenvalue weighted by Crippen LogP contribution is 2.28. The fourth-order valence-corrected chi connectivity index (χ4v) is 7.36. The second kappa shape index (κ2) is 15.5. The fourth-order valence-electron chi connectivity index (χ4n) is 5.77. The van der Waals surface area contributed by atoms with Gasteiger partial charge in [0.25, 0.3) is 10.0 Å². The van der Waals surface area contributed by atoms with Crippen LogP contribution in [-0.4, -0.2) is 50.9 Å². The van der Waals surface area contributed by atoms with Crippen LogP contribution in [0.4, 0.5) is 10.1 Å². The second-order valence-corrected chi connectivity index (χ2v) is 13.8. The number of nitrogens with zero attached hydrogens (tertiary/aromatic N) is 2. The fraction of sp³-hybridized carbons (Fsp3) is 0.278. The van der Waals surface area contributed by atoms with Crippen molar-refractivity contribution in [2.75, 3.05) is 18.0 Å². The predicted octanol–water partition coefficient (Wildman–Crippen LogP) is 6.38. The van der Waals surface area contributed by atoms with Crippen LogP contribution in [0.2, 0.25) is 5.02 Å². The first-order valence-electron chi connectivity index (χ1n) is 15.5. The Hall–Kier alpha value is -4.41. The molecule has 0 radical (unpaired) electrons. The largest absolute Gasteiger partial charge is 0.497 e. The van der Waals surface area contributed by atoms with Gasteiger partial charge in [-0.25, -0.2) is 12.8 Å². The summed E-state index contributed by atoms with van der Waals surface area (Å²) in [6.07, 6.45) is 3.78. The summed E-state index contributed by atoms with van der Waals surface area (Å²) in [7, 11) is -2.86. The SMILES string of the molecule is COc1ccc(S(=O)(=O)N(CC(=O)N(Cc2ccccc2F)[C@H](Cc2ccccc2)C(=O)NC2CCCC2)c2cccc(Cl)c2)cc1. The number of nitrogens with one attached hydrogen (secondary N) is 1. The number of methoxy groups -OCH3 is 1. The second-order valence-electron chi connectivity index (χ2n) is 11.5.